The van der Waals surface area contributed by atoms with Gasteiger partial charge in [-0.3, -0.25) is 4.79 Å². The second kappa shape index (κ2) is 11.8. The zero-order valence-corrected chi connectivity index (χ0v) is 22.2. The Kier molecular flexibility index (Phi) is 8.28. The first-order valence-corrected chi connectivity index (χ1v) is 14.1. The smallest absolute Gasteiger partial charge is 0.253 e. The molecule has 194 valence electrons. The maximum Gasteiger partial charge on any atom is 0.253 e. The van der Waals surface area contributed by atoms with Crippen LogP contribution in [0.25, 0.3) is 0 Å². The molecular formula is C31H43N3O2. The van der Waals surface area contributed by atoms with Gasteiger partial charge >= 0.3 is 0 Å². The van der Waals surface area contributed by atoms with Crippen LogP contribution in [0.15, 0.2) is 42.5 Å². The van der Waals surface area contributed by atoms with Gasteiger partial charge in [0.05, 0.1) is 0 Å². The molecule has 5 heteroatoms. The van der Waals surface area contributed by atoms with Gasteiger partial charge in [-0.2, -0.15) is 0 Å². The van der Waals surface area contributed by atoms with Crippen LogP contribution < -0.4 is 10.2 Å². The van der Waals surface area contributed by atoms with Gasteiger partial charge in [0.15, 0.2) is 0 Å². The van der Waals surface area contributed by atoms with Crippen LogP contribution in [0.2, 0.25) is 0 Å². The molecule has 2 aromatic carbocycles. The zero-order valence-electron chi connectivity index (χ0n) is 22.2. The topological polar surface area (TPSA) is 44.8 Å². The molecule has 0 aromatic heterocycles. The number of anilines is 1. The van der Waals surface area contributed by atoms with Crippen molar-refractivity contribution in [1.29, 1.82) is 0 Å². The lowest BCUT2D eigenvalue weighted by Crippen LogP contribution is -2.40. The van der Waals surface area contributed by atoms with Gasteiger partial charge in [0.25, 0.3) is 5.91 Å². The molecule has 2 aliphatic heterocycles. The summed E-state index contributed by atoms with van der Waals surface area (Å²) in [5, 5.41) is 3.65. The van der Waals surface area contributed by atoms with Gasteiger partial charge in [-0.25, -0.2) is 0 Å². The average molecular weight is 490 g/mol. The van der Waals surface area contributed by atoms with Gasteiger partial charge < -0.3 is 19.9 Å². The lowest BCUT2D eigenvalue weighted by molar-refractivity contribution is 0.0662. The zero-order chi connectivity index (χ0) is 24.9. The van der Waals surface area contributed by atoms with Crippen LogP contribution in [0, 0.1) is 11.8 Å². The summed E-state index contributed by atoms with van der Waals surface area (Å²) >= 11 is 0. The average Bonchev–Trinajstić information content (AvgIpc) is 2.93. The van der Waals surface area contributed by atoms with E-state index < -0.39 is 0 Å². The summed E-state index contributed by atoms with van der Waals surface area (Å²) in [6.45, 7) is 8.39. The van der Waals surface area contributed by atoms with Crippen LogP contribution in [-0.2, 0) is 24.1 Å². The van der Waals surface area contributed by atoms with Crippen molar-refractivity contribution in [3.63, 3.8) is 0 Å². The minimum absolute atomic E-state index is 0.135. The standard InChI is InChI=1S/C31H43N3O2/c1-23-11-15-34(16-12-23)29-8-5-26(6-9-29)31(35)33(2)30-10-7-27-19-25(3-4-28(27)20-30)22-32-21-24-13-17-36-18-14-24/h3-6,8-9,19,23-24,30,32H,7,10-18,20-22H2,1-2H3. The number of carbonyl (C=O) groups is 1. The third-order valence-electron chi connectivity index (χ3n) is 8.71. The Morgan fingerprint density at radius 3 is 2.50 bits per heavy atom. The van der Waals surface area contributed by atoms with Crippen LogP contribution in [0.3, 0.4) is 0 Å². The van der Waals surface area contributed by atoms with Crippen LogP contribution in [0.4, 0.5) is 5.69 Å². The van der Waals surface area contributed by atoms with E-state index in [2.05, 4.69) is 47.5 Å². The number of amides is 1. The Morgan fingerprint density at radius 2 is 1.75 bits per heavy atom. The fraction of sp³-hybridized carbons (Fsp3) is 0.581. The highest BCUT2D eigenvalue weighted by Gasteiger charge is 2.26. The van der Waals surface area contributed by atoms with E-state index in [1.165, 1.54) is 48.1 Å². The lowest BCUT2D eigenvalue weighted by atomic mass is 9.86. The van der Waals surface area contributed by atoms with E-state index >= 15 is 0 Å². The molecule has 36 heavy (non-hydrogen) atoms. The second-order valence-electron chi connectivity index (χ2n) is 11.3. The molecule has 0 spiro atoms. The molecule has 3 aliphatic rings. The van der Waals surface area contributed by atoms with Crippen molar-refractivity contribution in [2.75, 3.05) is 44.8 Å². The highest BCUT2D eigenvalue weighted by atomic mass is 16.5. The molecule has 1 unspecified atom stereocenters. The predicted molar refractivity (Wildman–Crippen MR) is 147 cm³/mol. The SMILES string of the molecule is CC1CCN(c2ccc(C(=O)N(C)C3CCc4cc(CNCC5CCOCC5)ccc4C3)cc2)CC1. The highest BCUT2D eigenvalue weighted by Crippen LogP contribution is 2.27. The Labute approximate surface area is 217 Å². The highest BCUT2D eigenvalue weighted by molar-refractivity contribution is 5.94. The van der Waals surface area contributed by atoms with Crippen molar-refractivity contribution in [2.45, 2.75) is 64.5 Å². The second-order valence-corrected chi connectivity index (χ2v) is 11.3. The molecule has 0 bridgehead atoms. The van der Waals surface area contributed by atoms with Gasteiger partial charge in [-0.05, 0) is 104 Å². The van der Waals surface area contributed by atoms with Gasteiger partial charge in [0.1, 0.15) is 0 Å². The molecular weight excluding hydrogens is 446 g/mol. The maximum atomic E-state index is 13.3. The Morgan fingerprint density at radius 1 is 1.00 bits per heavy atom. The monoisotopic (exact) mass is 489 g/mol. The molecule has 1 atom stereocenters. The van der Waals surface area contributed by atoms with Crippen LogP contribution in [0.1, 0.15) is 66.1 Å². The molecule has 2 heterocycles. The number of hydrogen-bond donors (Lipinski definition) is 1. The first-order valence-electron chi connectivity index (χ1n) is 14.1. The largest absolute Gasteiger partial charge is 0.381 e. The van der Waals surface area contributed by atoms with Crippen molar-refractivity contribution >= 4 is 11.6 Å². The number of nitrogens with zero attached hydrogens (tertiary/aromatic N) is 2. The molecule has 0 saturated carbocycles. The van der Waals surface area contributed by atoms with Gasteiger partial charge in [0, 0.05) is 57.2 Å². The minimum atomic E-state index is 0.135. The van der Waals surface area contributed by atoms with Crippen LogP contribution in [0.5, 0.6) is 0 Å². The van der Waals surface area contributed by atoms with Crippen molar-refractivity contribution in [3.8, 4) is 0 Å². The minimum Gasteiger partial charge on any atom is -0.381 e. The maximum absolute atomic E-state index is 13.3. The Balaban J connectivity index is 1.14. The van der Waals surface area contributed by atoms with Crippen molar-refractivity contribution in [2.24, 2.45) is 11.8 Å². The van der Waals surface area contributed by atoms with Gasteiger partial charge in [0.2, 0.25) is 0 Å². The van der Waals surface area contributed by atoms with E-state index in [1.807, 2.05) is 24.1 Å². The Hall–Kier alpha value is -2.37. The molecule has 1 amide bonds. The fourth-order valence-corrected chi connectivity index (χ4v) is 6.05. The van der Waals surface area contributed by atoms with Crippen molar-refractivity contribution in [3.05, 3.63) is 64.7 Å². The summed E-state index contributed by atoms with van der Waals surface area (Å²) in [4.78, 5) is 17.7. The first kappa shape index (κ1) is 25.3. The van der Waals surface area contributed by atoms with E-state index in [0.717, 1.165) is 76.1 Å². The molecule has 1 aliphatic carbocycles. The lowest BCUT2D eigenvalue weighted by Gasteiger charge is -2.33. The summed E-state index contributed by atoms with van der Waals surface area (Å²) in [5.41, 5.74) is 6.26. The number of aryl methyl sites for hydroxylation is 1. The molecule has 2 saturated heterocycles. The summed E-state index contributed by atoms with van der Waals surface area (Å²) in [6, 6.07) is 15.5. The number of piperidine rings is 1. The molecule has 5 rings (SSSR count). The van der Waals surface area contributed by atoms with E-state index in [9.17, 15) is 4.79 Å². The molecule has 1 N–H and O–H groups in total. The third kappa shape index (κ3) is 6.12. The Bertz CT molecular complexity index is 1010. The summed E-state index contributed by atoms with van der Waals surface area (Å²) in [5.74, 6) is 1.70. The quantitative estimate of drug-likeness (QED) is 0.590. The molecule has 5 nitrogen and oxygen atoms in total. The van der Waals surface area contributed by atoms with Gasteiger partial charge in [-0.15, -0.1) is 0 Å². The number of carbonyl (C=O) groups excluding carboxylic acids is 1. The van der Waals surface area contributed by atoms with Gasteiger partial charge in [-0.1, -0.05) is 25.1 Å². The van der Waals surface area contributed by atoms with Crippen LogP contribution in [-0.4, -0.2) is 56.7 Å². The van der Waals surface area contributed by atoms with E-state index in [0.29, 0.717) is 0 Å². The summed E-state index contributed by atoms with van der Waals surface area (Å²) in [6.07, 6.45) is 7.86. The normalized spacial score (nSPS) is 21.3. The number of ether oxygens (including phenoxy) is 1. The van der Waals surface area contributed by atoms with E-state index in [4.69, 9.17) is 4.74 Å². The van der Waals surface area contributed by atoms with Crippen LogP contribution >= 0.6 is 0 Å². The number of benzene rings is 2. The molecule has 0 radical (unpaired) electrons. The first-order chi connectivity index (χ1) is 17.6. The predicted octanol–water partition coefficient (Wildman–Crippen LogP) is 5.07. The molecule has 2 aromatic rings. The summed E-state index contributed by atoms with van der Waals surface area (Å²) in [7, 11) is 1.98. The van der Waals surface area contributed by atoms with E-state index in [-0.39, 0.29) is 11.9 Å². The number of nitrogens with one attached hydrogen (secondary N) is 1. The van der Waals surface area contributed by atoms with E-state index in [1.54, 1.807) is 0 Å². The number of fused-ring (bicyclic) bond motifs is 1. The summed E-state index contributed by atoms with van der Waals surface area (Å²) < 4.78 is 5.47. The third-order valence-corrected chi connectivity index (χ3v) is 8.71. The number of hydrogen-bond acceptors (Lipinski definition) is 4. The fourth-order valence-electron chi connectivity index (χ4n) is 6.05. The number of rotatable bonds is 7. The van der Waals surface area contributed by atoms with Crippen molar-refractivity contribution in [1.82, 2.24) is 10.2 Å². The number of likely N-dealkylation sites (N-methyl/N-ethyl adjacent to an activating group) is 1. The molecule has 2 fully saturated rings. The van der Waals surface area contributed by atoms with Crippen molar-refractivity contribution < 1.29 is 9.53 Å².